The van der Waals surface area contributed by atoms with Gasteiger partial charge in [-0.25, -0.2) is 4.79 Å². The Morgan fingerprint density at radius 1 is 0.925 bits per heavy atom. The molecule has 8 N–H and O–H groups in total. The van der Waals surface area contributed by atoms with E-state index in [1.165, 1.54) is 6.92 Å². The van der Waals surface area contributed by atoms with Crippen molar-refractivity contribution < 1.29 is 33.8 Å². The van der Waals surface area contributed by atoms with E-state index in [-0.39, 0.29) is 31.3 Å². The standard InChI is InChI=1S/C27H42N6O7/c1-17(2)16-40-27(39)33-22(15-34)25(37)31-18(3)24(36)32-21(11-8-13-29-19(4)28)23(35)26(38)30-14-12-20-9-6-5-7-10-20/h5-7,9-10,17-18,21-22,29,34H,4,8,11-16,28H2,1-3H3,(H,30,38)(H,31,37)(H,32,36)(H,33,39)/t18-,21-,22+/m0/s1. The van der Waals surface area contributed by atoms with E-state index < -0.39 is 54.3 Å². The topological polar surface area (TPSA) is 201 Å². The second kappa shape index (κ2) is 18.2. The molecule has 1 aromatic carbocycles. The molecule has 0 radical (unpaired) electrons. The lowest BCUT2D eigenvalue weighted by molar-refractivity contribution is -0.140. The summed E-state index contributed by atoms with van der Waals surface area (Å²) in [6, 6.07) is 5.72. The molecule has 0 aliphatic carbocycles. The highest BCUT2D eigenvalue weighted by atomic mass is 16.5. The molecule has 0 aliphatic rings. The molecule has 222 valence electrons. The maximum Gasteiger partial charge on any atom is 0.407 e. The fraction of sp³-hybridized carbons (Fsp3) is 0.519. The Labute approximate surface area is 234 Å². The first-order valence-corrected chi connectivity index (χ1v) is 13.1. The normalized spacial score (nSPS) is 12.8. The van der Waals surface area contributed by atoms with Crippen LogP contribution in [0.5, 0.6) is 0 Å². The minimum atomic E-state index is -1.36. The molecule has 4 amide bonds. The van der Waals surface area contributed by atoms with Crippen LogP contribution in [0.25, 0.3) is 0 Å². The van der Waals surface area contributed by atoms with E-state index in [1.807, 2.05) is 44.2 Å². The van der Waals surface area contributed by atoms with E-state index in [0.29, 0.717) is 19.4 Å². The lowest BCUT2D eigenvalue weighted by Gasteiger charge is -2.22. The lowest BCUT2D eigenvalue weighted by Crippen LogP contribution is -2.56. The van der Waals surface area contributed by atoms with Crippen LogP contribution < -0.4 is 32.3 Å². The summed E-state index contributed by atoms with van der Waals surface area (Å²) in [6.45, 7) is 8.52. The summed E-state index contributed by atoms with van der Waals surface area (Å²) in [5.41, 5.74) is 6.47. The number of nitrogens with one attached hydrogen (secondary N) is 5. The number of alkyl carbamates (subject to hydrolysis) is 1. The number of Topliss-reactive ketones (excluding diaryl/α,β-unsaturated/α-hetero) is 1. The first kappa shape index (κ1) is 33.9. The molecule has 3 atom stereocenters. The molecule has 13 nitrogen and oxygen atoms in total. The van der Waals surface area contributed by atoms with Crippen molar-refractivity contribution in [2.75, 3.05) is 26.3 Å². The molecule has 40 heavy (non-hydrogen) atoms. The van der Waals surface area contributed by atoms with E-state index in [4.69, 9.17) is 10.5 Å². The second-order valence-electron chi connectivity index (χ2n) is 9.61. The molecule has 0 unspecified atom stereocenters. The zero-order chi connectivity index (χ0) is 30.1. The Kier molecular flexibility index (Phi) is 15.4. The number of carbonyl (C=O) groups excluding carboxylic acids is 5. The van der Waals surface area contributed by atoms with Crippen LogP contribution in [0.4, 0.5) is 4.79 Å². The molecule has 13 heteroatoms. The Morgan fingerprint density at radius 3 is 2.20 bits per heavy atom. The fourth-order valence-corrected chi connectivity index (χ4v) is 3.33. The van der Waals surface area contributed by atoms with Crippen molar-refractivity contribution in [3.63, 3.8) is 0 Å². The Balaban J connectivity index is 2.75. The number of ether oxygens (including phenoxy) is 1. The van der Waals surface area contributed by atoms with E-state index in [2.05, 4.69) is 33.2 Å². The van der Waals surface area contributed by atoms with Gasteiger partial charge in [0.1, 0.15) is 12.1 Å². The number of nitrogens with two attached hydrogens (primary N) is 1. The van der Waals surface area contributed by atoms with Gasteiger partial charge >= 0.3 is 6.09 Å². The van der Waals surface area contributed by atoms with Gasteiger partial charge in [-0.05, 0) is 37.7 Å². The predicted molar refractivity (Wildman–Crippen MR) is 148 cm³/mol. The van der Waals surface area contributed by atoms with Gasteiger partial charge in [-0.3, -0.25) is 19.2 Å². The highest BCUT2D eigenvalue weighted by Crippen LogP contribution is 2.03. The van der Waals surface area contributed by atoms with Gasteiger partial charge in [0.05, 0.1) is 25.1 Å². The Morgan fingerprint density at radius 2 is 1.60 bits per heavy atom. The molecule has 0 fully saturated rings. The van der Waals surface area contributed by atoms with Crippen molar-refractivity contribution in [2.45, 2.75) is 58.2 Å². The monoisotopic (exact) mass is 562 g/mol. The highest BCUT2D eigenvalue weighted by Gasteiger charge is 2.30. The van der Waals surface area contributed by atoms with Crippen LogP contribution in [-0.2, 0) is 30.3 Å². The summed E-state index contributed by atoms with van der Waals surface area (Å²) in [5.74, 6) is -2.95. The van der Waals surface area contributed by atoms with E-state index in [1.54, 1.807) is 0 Å². The molecule has 0 bridgehead atoms. The van der Waals surface area contributed by atoms with Crippen LogP contribution in [0.2, 0.25) is 0 Å². The molecular weight excluding hydrogens is 520 g/mol. The molecule has 0 heterocycles. The van der Waals surface area contributed by atoms with E-state index in [0.717, 1.165) is 5.56 Å². The van der Waals surface area contributed by atoms with Crippen LogP contribution in [0.1, 0.15) is 39.2 Å². The molecule has 1 aromatic rings. The third-order valence-electron chi connectivity index (χ3n) is 5.51. The van der Waals surface area contributed by atoms with Gasteiger partial charge in [0.2, 0.25) is 17.6 Å². The van der Waals surface area contributed by atoms with Crippen molar-refractivity contribution in [2.24, 2.45) is 11.7 Å². The maximum atomic E-state index is 12.9. The fourth-order valence-electron chi connectivity index (χ4n) is 3.33. The number of hydrogen-bond acceptors (Lipinski definition) is 9. The second-order valence-corrected chi connectivity index (χ2v) is 9.61. The zero-order valence-electron chi connectivity index (χ0n) is 23.3. The number of amides is 4. The first-order chi connectivity index (χ1) is 18.9. The third-order valence-corrected chi connectivity index (χ3v) is 5.51. The van der Waals surface area contributed by atoms with Gasteiger partial charge in [0.25, 0.3) is 5.91 Å². The van der Waals surface area contributed by atoms with Gasteiger partial charge in [-0.2, -0.15) is 0 Å². The minimum Gasteiger partial charge on any atom is -0.449 e. The molecule has 0 spiro atoms. The van der Waals surface area contributed by atoms with Crippen LogP contribution in [-0.4, -0.2) is 79.1 Å². The summed E-state index contributed by atoms with van der Waals surface area (Å²) in [6.07, 6.45) is 0.117. The van der Waals surface area contributed by atoms with E-state index in [9.17, 15) is 29.1 Å². The molecule has 0 saturated carbocycles. The van der Waals surface area contributed by atoms with E-state index >= 15 is 0 Å². The smallest absolute Gasteiger partial charge is 0.407 e. The predicted octanol–water partition coefficient (Wildman–Crippen LogP) is -0.553. The Bertz CT molecular complexity index is 1000. The number of benzene rings is 1. The number of hydrogen-bond donors (Lipinski definition) is 7. The number of carbonyl (C=O) groups is 5. The zero-order valence-corrected chi connectivity index (χ0v) is 23.3. The summed E-state index contributed by atoms with van der Waals surface area (Å²) >= 11 is 0. The molecule has 0 aliphatic heterocycles. The SMILES string of the molecule is C=C(N)NCCC[C@H](NC(=O)[C@H](C)NC(=O)[C@@H](CO)NC(=O)OCC(C)C)C(=O)C(=O)NCCc1ccccc1. The summed E-state index contributed by atoms with van der Waals surface area (Å²) in [5, 5.41) is 22.0. The van der Waals surface area contributed by atoms with Crippen LogP contribution >= 0.6 is 0 Å². The van der Waals surface area contributed by atoms with Crippen molar-refractivity contribution in [3.05, 3.63) is 48.3 Å². The Hall–Kier alpha value is -4.13. The molecule has 0 aromatic heterocycles. The average molecular weight is 563 g/mol. The number of aliphatic hydroxyl groups excluding tert-OH is 1. The van der Waals surface area contributed by atoms with Gasteiger partial charge in [-0.1, -0.05) is 50.8 Å². The summed E-state index contributed by atoms with van der Waals surface area (Å²) in [7, 11) is 0. The highest BCUT2D eigenvalue weighted by molar-refractivity contribution is 6.38. The number of aliphatic hydroxyl groups is 1. The average Bonchev–Trinajstić information content (AvgIpc) is 2.91. The lowest BCUT2D eigenvalue weighted by atomic mass is 10.0. The van der Waals surface area contributed by atoms with Crippen molar-refractivity contribution in [1.29, 1.82) is 0 Å². The van der Waals surface area contributed by atoms with Gasteiger partial charge in [0, 0.05) is 13.1 Å². The van der Waals surface area contributed by atoms with Crippen molar-refractivity contribution in [3.8, 4) is 0 Å². The maximum absolute atomic E-state index is 12.9. The minimum absolute atomic E-state index is 0.0716. The molecular formula is C27H42N6O7. The van der Waals surface area contributed by atoms with Crippen molar-refractivity contribution >= 4 is 29.6 Å². The van der Waals surface area contributed by atoms with Crippen molar-refractivity contribution in [1.82, 2.24) is 26.6 Å². The van der Waals surface area contributed by atoms with Crippen LogP contribution in [0.3, 0.4) is 0 Å². The molecule has 1 rings (SSSR count). The quantitative estimate of drug-likeness (QED) is 0.0905. The molecule has 0 saturated heterocycles. The third kappa shape index (κ3) is 13.6. The van der Waals surface area contributed by atoms with Gasteiger partial charge in [-0.15, -0.1) is 0 Å². The number of rotatable bonds is 18. The van der Waals surface area contributed by atoms with Crippen LogP contribution in [0, 0.1) is 5.92 Å². The first-order valence-electron chi connectivity index (χ1n) is 13.1. The van der Waals surface area contributed by atoms with Gasteiger partial charge in [0.15, 0.2) is 0 Å². The number of ketones is 1. The summed E-state index contributed by atoms with van der Waals surface area (Å²) < 4.78 is 4.94. The summed E-state index contributed by atoms with van der Waals surface area (Å²) in [4.78, 5) is 62.7. The largest absolute Gasteiger partial charge is 0.449 e. The van der Waals surface area contributed by atoms with Crippen LogP contribution in [0.15, 0.2) is 42.7 Å². The van der Waals surface area contributed by atoms with Gasteiger partial charge < -0.3 is 42.2 Å².